The predicted molar refractivity (Wildman–Crippen MR) is 97.5 cm³/mol. The van der Waals surface area contributed by atoms with Gasteiger partial charge in [0.05, 0.1) is 12.0 Å². The van der Waals surface area contributed by atoms with Crippen molar-refractivity contribution in [2.45, 2.75) is 9.79 Å². The molecule has 1 aliphatic heterocycles. The van der Waals surface area contributed by atoms with E-state index in [0.29, 0.717) is 17.3 Å². The Hall–Kier alpha value is -2.58. The normalized spacial score (nSPS) is 15.3. The lowest BCUT2D eigenvalue weighted by atomic mass is 10.3. The average Bonchev–Trinajstić information content (AvgIpc) is 3.13. The van der Waals surface area contributed by atoms with Gasteiger partial charge in [-0.3, -0.25) is 0 Å². The number of fused-ring (bicyclic) bond motifs is 1. The fraction of sp³-hybridized carbons (Fsp3) is 0.278. The second-order valence-electron chi connectivity index (χ2n) is 6.02. The van der Waals surface area contributed by atoms with Crippen LogP contribution in [0.4, 0.5) is 6.01 Å². The van der Waals surface area contributed by atoms with Crippen LogP contribution < -0.4 is 15.0 Å². The monoisotopic (exact) mass is 373 g/mol. The standard InChI is InChI=1S/C18H19N3O4S/c1-24-13-4-2-5-14(12-13)26(22,23)16-7-3-6-15-17(16)25-18(20-15)21-10-8-19-9-11-21/h2-7,12,19H,8-11H2,1H3. The number of hydrogen-bond acceptors (Lipinski definition) is 7. The SMILES string of the molecule is COc1cccc(S(=O)(=O)c2cccc3nc(N4CCNCC4)oc23)c1. The molecule has 8 heteroatoms. The predicted octanol–water partition coefficient (Wildman–Crippen LogP) is 2.08. The number of nitrogens with one attached hydrogen (secondary N) is 1. The van der Waals surface area contributed by atoms with Crippen molar-refractivity contribution in [2.24, 2.45) is 0 Å². The zero-order valence-electron chi connectivity index (χ0n) is 14.3. The first-order valence-corrected chi connectivity index (χ1v) is 9.82. The molecule has 0 amide bonds. The molecule has 1 N–H and O–H groups in total. The fourth-order valence-corrected chi connectivity index (χ4v) is 4.44. The molecule has 136 valence electrons. The second kappa shape index (κ2) is 6.62. The molecule has 4 rings (SSSR count). The fourth-order valence-electron chi connectivity index (χ4n) is 3.01. The van der Waals surface area contributed by atoms with Crippen LogP contribution in [-0.4, -0.2) is 46.7 Å². The summed E-state index contributed by atoms with van der Waals surface area (Å²) < 4.78 is 37.3. The Kier molecular flexibility index (Phi) is 4.29. The van der Waals surface area contributed by atoms with Gasteiger partial charge in [-0.25, -0.2) is 8.42 Å². The lowest BCUT2D eigenvalue weighted by Gasteiger charge is -2.25. The van der Waals surface area contributed by atoms with Crippen molar-refractivity contribution in [3.05, 3.63) is 42.5 Å². The van der Waals surface area contributed by atoms with Crippen molar-refractivity contribution in [3.8, 4) is 5.75 Å². The van der Waals surface area contributed by atoms with E-state index in [1.807, 2.05) is 4.90 Å². The number of benzene rings is 2. The van der Waals surface area contributed by atoms with E-state index in [-0.39, 0.29) is 15.4 Å². The largest absolute Gasteiger partial charge is 0.497 e. The molecular weight excluding hydrogens is 354 g/mol. The van der Waals surface area contributed by atoms with Gasteiger partial charge >= 0.3 is 0 Å². The Bertz CT molecular complexity index is 1040. The molecule has 0 radical (unpaired) electrons. The highest BCUT2D eigenvalue weighted by molar-refractivity contribution is 7.91. The highest BCUT2D eigenvalue weighted by Crippen LogP contribution is 2.32. The van der Waals surface area contributed by atoms with Gasteiger partial charge in [-0.1, -0.05) is 12.1 Å². The van der Waals surface area contributed by atoms with E-state index >= 15 is 0 Å². The topological polar surface area (TPSA) is 84.7 Å². The number of methoxy groups -OCH3 is 1. The van der Waals surface area contributed by atoms with E-state index < -0.39 is 9.84 Å². The molecule has 0 aliphatic carbocycles. The molecule has 2 heterocycles. The number of piperazine rings is 1. The number of anilines is 1. The number of ether oxygens (including phenoxy) is 1. The molecule has 26 heavy (non-hydrogen) atoms. The molecule has 0 unspecified atom stereocenters. The summed E-state index contributed by atoms with van der Waals surface area (Å²) in [5, 5.41) is 3.27. The number of hydrogen-bond donors (Lipinski definition) is 1. The van der Waals surface area contributed by atoms with Crippen LogP contribution in [0.25, 0.3) is 11.1 Å². The maximum atomic E-state index is 13.1. The van der Waals surface area contributed by atoms with Crippen LogP contribution in [0, 0.1) is 0 Å². The van der Waals surface area contributed by atoms with Crippen LogP contribution in [0.3, 0.4) is 0 Å². The number of para-hydroxylation sites is 1. The van der Waals surface area contributed by atoms with Crippen molar-refractivity contribution in [3.63, 3.8) is 0 Å². The Balaban J connectivity index is 1.81. The van der Waals surface area contributed by atoms with Crippen molar-refractivity contribution in [1.82, 2.24) is 10.3 Å². The number of rotatable bonds is 4. The van der Waals surface area contributed by atoms with Gasteiger partial charge in [0.2, 0.25) is 9.84 Å². The number of sulfone groups is 1. The molecule has 0 spiro atoms. The van der Waals surface area contributed by atoms with Gasteiger partial charge in [0.25, 0.3) is 6.01 Å². The molecule has 1 fully saturated rings. The molecule has 0 bridgehead atoms. The first-order valence-electron chi connectivity index (χ1n) is 8.34. The van der Waals surface area contributed by atoms with Crippen molar-refractivity contribution >= 4 is 27.0 Å². The Morgan fingerprint density at radius 2 is 1.92 bits per heavy atom. The molecule has 1 aliphatic rings. The van der Waals surface area contributed by atoms with Crippen molar-refractivity contribution < 1.29 is 17.6 Å². The average molecular weight is 373 g/mol. The maximum Gasteiger partial charge on any atom is 0.298 e. The highest BCUT2D eigenvalue weighted by atomic mass is 32.2. The second-order valence-corrected chi connectivity index (χ2v) is 7.94. The van der Waals surface area contributed by atoms with Gasteiger partial charge in [0.1, 0.15) is 16.2 Å². The Morgan fingerprint density at radius 3 is 2.69 bits per heavy atom. The zero-order chi connectivity index (χ0) is 18.1. The van der Waals surface area contributed by atoms with Gasteiger partial charge < -0.3 is 19.4 Å². The van der Waals surface area contributed by atoms with Crippen LogP contribution in [0.2, 0.25) is 0 Å². The lowest BCUT2D eigenvalue weighted by Crippen LogP contribution is -2.43. The third-order valence-electron chi connectivity index (χ3n) is 4.40. The number of nitrogens with zero attached hydrogens (tertiary/aromatic N) is 2. The van der Waals surface area contributed by atoms with E-state index in [9.17, 15) is 8.42 Å². The van der Waals surface area contributed by atoms with Gasteiger partial charge in [0, 0.05) is 26.2 Å². The highest BCUT2D eigenvalue weighted by Gasteiger charge is 2.25. The summed E-state index contributed by atoms with van der Waals surface area (Å²) in [4.78, 5) is 6.76. The van der Waals surface area contributed by atoms with Gasteiger partial charge in [-0.05, 0) is 30.3 Å². The molecular formula is C18H19N3O4S. The minimum Gasteiger partial charge on any atom is -0.497 e. The van der Waals surface area contributed by atoms with Crippen LogP contribution in [-0.2, 0) is 9.84 Å². The first kappa shape index (κ1) is 16.9. The molecule has 0 saturated carbocycles. The summed E-state index contributed by atoms with van der Waals surface area (Å²) >= 11 is 0. The third-order valence-corrected chi connectivity index (χ3v) is 6.17. The van der Waals surface area contributed by atoms with Gasteiger partial charge in [-0.15, -0.1) is 0 Å². The van der Waals surface area contributed by atoms with Gasteiger partial charge in [0.15, 0.2) is 5.58 Å². The third kappa shape index (κ3) is 2.91. The van der Waals surface area contributed by atoms with Crippen LogP contribution >= 0.6 is 0 Å². The molecule has 1 saturated heterocycles. The summed E-state index contributed by atoms with van der Waals surface area (Å²) in [6.07, 6.45) is 0. The Labute approximate surface area is 151 Å². The van der Waals surface area contributed by atoms with Crippen molar-refractivity contribution in [1.29, 1.82) is 0 Å². The van der Waals surface area contributed by atoms with Crippen LogP contribution in [0.1, 0.15) is 0 Å². The van der Waals surface area contributed by atoms with E-state index in [4.69, 9.17) is 9.15 Å². The van der Waals surface area contributed by atoms with E-state index in [1.54, 1.807) is 36.4 Å². The molecule has 3 aromatic rings. The number of oxazole rings is 1. The summed E-state index contributed by atoms with van der Waals surface area (Å²) in [6.45, 7) is 3.22. The van der Waals surface area contributed by atoms with E-state index in [1.165, 1.54) is 13.2 Å². The minimum atomic E-state index is -3.76. The maximum absolute atomic E-state index is 13.1. The van der Waals surface area contributed by atoms with E-state index in [2.05, 4.69) is 10.3 Å². The smallest absolute Gasteiger partial charge is 0.298 e. The summed E-state index contributed by atoms with van der Waals surface area (Å²) in [5.41, 5.74) is 0.811. The summed E-state index contributed by atoms with van der Waals surface area (Å²) in [6, 6.07) is 11.8. The summed E-state index contributed by atoms with van der Waals surface area (Å²) in [7, 11) is -2.26. The summed E-state index contributed by atoms with van der Waals surface area (Å²) in [5.74, 6) is 0.484. The molecule has 2 aromatic carbocycles. The van der Waals surface area contributed by atoms with Crippen LogP contribution in [0.15, 0.2) is 56.7 Å². The molecule has 7 nitrogen and oxygen atoms in total. The minimum absolute atomic E-state index is 0.108. The zero-order valence-corrected chi connectivity index (χ0v) is 15.1. The molecule has 1 aromatic heterocycles. The van der Waals surface area contributed by atoms with Crippen LogP contribution in [0.5, 0.6) is 5.75 Å². The lowest BCUT2D eigenvalue weighted by molar-refractivity contribution is 0.413. The molecule has 0 atom stereocenters. The Morgan fingerprint density at radius 1 is 1.15 bits per heavy atom. The van der Waals surface area contributed by atoms with E-state index in [0.717, 1.165) is 26.2 Å². The first-order chi connectivity index (χ1) is 12.6. The number of aromatic nitrogens is 1. The quantitative estimate of drug-likeness (QED) is 0.749. The van der Waals surface area contributed by atoms with Gasteiger partial charge in [-0.2, -0.15) is 4.98 Å². The van der Waals surface area contributed by atoms with Crippen molar-refractivity contribution in [2.75, 3.05) is 38.2 Å².